The number of hydrogen-bond acceptors (Lipinski definition) is 6. The van der Waals surface area contributed by atoms with Crippen LogP contribution in [-0.4, -0.2) is 59.1 Å². The standard InChI is InChI=1S/C24H27F5N6O/c1-14-6-7-32-18(8-14)17(11-31-3)21(30)22(36)35-13-23(25,26)9-15(2)19(35)12-34-20-5-4-16(10-33-20)24(27,28)29/h4-8,10-11,15,19H,9,12-13,30H2,1-3H3,(H,33,34). The van der Waals surface area contributed by atoms with Gasteiger partial charge in [-0.15, -0.1) is 0 Å². The van der Waals surface area contributed by atoms with Crippen molar-refractivity contribution in [2.45, 2.75) is 38.4 Å². The Morgan fingerprint density at radius 1 is 1.31 bits per heavy atom. The first-order chi connectivity index (χ1) is 16.8. The molecule has 3 heterocycles. The Bertz CT molecular complexity index is 1150. The highest BCUT2D eigenvalue weighted by atomic mass is 19.4. The van der Waals surface area contributed by atoms with Crippen molar-refractivity contribution < 1.29 is 26.7 Å². The average molecular weight is 511 g/mol. The van der Waals surface area contributed by atoms with Crippen LogP contribution in [0.2, 0.25) is 0 Å². The normalized spacial score (nSPS) is 20.8. The Balaban J connectivity index is 1.90. The fraction of sp³-hybridized carbons (Fsp3) is 0.417. The van der Waals surface area contributed by atoms with Crippen molar-refractivity contribution in [2.24, 2.45) is 16.6 Å². The number of likely N-dealkylation sites (tertiary alicyclic amines) is 1. The van der Waals surface area contributed by atoms with E-state index in [1.807, 2.05) is 6.92 Å². The van der Waals surface area contributed by atoms with Gasteiger partial charge in [0.1, 0.15) is 11.5 Å². The number of aliphatic imine (C=N–C) groups is 1. The molecule has 12 heteroatoms. The summed E-state index contributed by atoms with van der Waals surface area (Å²) in [5.74, 6) is -4.48. The number of aromatic nitrogens is 2. The topological polar surface area (TPSA) is 96.5 Å². The molecule has 0 bridgehead atoms. The van der Waals surface area contributed by atoms with Crippen LogP contribution in [0.25, 0.3) is 5.57 Å². The fourth-order valence-corrected chi connectivity index (χ4v) is 4.11. The van der Waals surface area contributed by atoms with E-state index in [0.717, 1.165) is 22.6 Å². The Morgan fingerprint density at radius 2 is 2.03 bits per heavy atom. The molecule has 0 spiro atoms. The quantitative estimate of drug-likeness (QED) is 0.346. The molecule has 1 aliphatic rings. The van der Waals surface area contributed by atoms with Crippen LogP contribution in [0.1, 0.15) is 30.2 Å². The number of amides is 1. The molecule has 194 valence electrons. The van der Waals surface area contributed by atoms with Crippen molar-refractivity contribution >= 4 is 23.5 Å². The summed E-state index contributed by atoms with van der Waals surface area (Å²) in [6, 6.07) is 4.73. The van der Waals surface area contributed by atoms with Gasteiger partial charge in [0.2, 0.25) is 0 Å². The maximum atomic E-state index is 14.5. The summed E-state index contributed by atoms with van der Waals surface area (Å²) in [5, 5.41) is 2.86. The van der Waals surface area contributed by atoms with E-state index in [1.165, 1.54) is 19.5 Å². The monoisotopic (exact) mass is 510 g/mol. The molecular formula is C24H27F5N6O. The van der Waals surface area contributed by atoms with Gasteiger partial charge in [-0.25, -0.2) is 13.8 Å². The van der Waals surface area contributed by atoms with Crippen molar-refractivity contribution in [1.82, 2.24) is 14.9 Å². The van der Waals surface area contributed by atoms with Crippen LogP contribution in [-0.2, 0) is 11.0 Å². The lowest BCUT2D eigenvalue weighted by Gasteiger charge is -2.43. The van der Waals surface area contributed by atoms with E-state index in [9.17, 15) is 26.7 Å². The summed E-state index contributed by atoms with van der Waals surface area (Å²) in [6.45, 7) is 2.53. The first-order valence-electron chi connectivity index (χ1n) is 11.1. The number of aryl methyl sites for hydroxylation is 1. The molecular weight excluding hydrogens is 483 g/mol. The molecule has 2 aromatic heterocycles. The molecule has 2 aromatic rings. The van der Waals surface area contributed by atoms with E-state index in [4.69, 9.17) is 5.73 Å². The average Bonchev–Trinajstić information content (AvgIpc) is 2.80. The number of nitrogens with zero attached hydrogens (tertiary/aromatic N) is 4. The minimum atomic E-state index is -4.53. The van der Waals surface area contributed by atoms with Gasteiger partial charge >= 0.3 is 6.18 Å². The number of nitrogens with one attached hydrogen (secondary N) is 1. The molecule has 0 aromatic carbocycles. The van der Waals surface area contributed by atoms with Gasteiger partial charge in [-0.05, 0) is 42.7 Å². The highest BCUT2D eigenvalue weighted by molar-refractivity contribution is 6.18. The third-order valence-corrected chi connectivity index (χ3v) is 5.89. The molecule has 36 heavy (non-hydrogen) atoms. The second-order valence-electron chi connectivity index (χ2n) is 8.78. The summed E-state index contributed by atoms with van der Waals surface area (Å²) in [7, 11) is 1.48. The molecule has 3 N–H and O–H groups in total. The Morgan fingerprint density at radius 3 is 2.61 bits per heavy atom. The van der Waals surface area contributed by atoms with Gasteiger partial charge in [0.25, 0.3) is 11.8 Å². The van der Waals surface area contributed by atoms with E-state index in [2.05, 4.69) is 20.3 Å². The fourth-order valence-electron chi connectivity index (χ4n) is 4.11. The lowest BCUT2D eigenvalue weighted by molar-refractivity contribution is -0.148. The molecule has 2 unspecified atom stereocenters. The van der Waals surface area contributed by atoms with Gasteiger partial charge in [0, 0.05) is 44.2 Å². The molecule has 1 aliphatic heterocycles. The van der Waals surface area contributed by atoms with E-state index < -0.39 is 48.5 Å². The number of pyridine rings is 2. The third-order valence-electron chi connectivity index (χ3n) is 5.89. The number of carbonyl (C=O) groups excluding carboxylic acids is 1. The number of allylic oxidation sites excluding steroid dienone is 1. The molecule has 0 saturated carbocycles. The largest absolute Gasteiger partial charge is 0.417 e. The smallest absolute Gasteiger partial charge is 0.394 e. The summed E-state index contributed by atoms with van der Waals surface area (Å²) >= 11 is 0. The Labute approximate surface area is 205 Å². The maximum Gasteiger partial charge on any atom is 0.417 e. The van der Waals surface area contributed by atoms with Crippen LogP contribution in [0.15, 0.2) is 47.3 Å². The zero-order valence-electron chi connectivity index (χ0n) is 20.0. The van der Waals surface area contributed by atoms with Gasteiger partial charge in [-0.1, -0.05) is 6.92 Å². The first-order valence-corrected chi connectivity index (χ1v) is 11.1. The molecule has 1 fully saturated rings. The van der Waals surface area contributed by atoms with Crippen molar-refractivity contribution in [3.05, 3.63) is 59.2 Å². The van der Waals surface area contributed by atoms with Gasteiger partial charge in [-0.3, -0.25) is 14.8 Å². The van der Waals surface area contributed by atoms with Crippen LogP contribution >= 0.6 is 0 Å². The third kappa shape index (κ3) is 6.35. The number of nitrogens with two attached hydrogens (primary N) is 1. The molecule has 3 rings (SSSR count). The van der Waals surface area contributed by atoms with Crippen LogP contribution < -0.4 is 11.1 Å². The second kappa shape index (κ2) is 10.6. The predicted molar refractivity (Wildman–Crippen MR) is 126 cm³/mol. The number of hydrogen-bond donors (Lipinski definition) is 2. The number of halogens is 5. The highest BCUT2D eigenvalue weighted by Crippen LogP contribution is 2.35. The molecule has 7 nitrogen and oxygen atoms in total. The lowest BCUT2D eigenvalue weighted by Crippen LogP contribution is -2.58. The molecule has 2 atom stereocenters. The number of carbonyl (C=O) groups is 1. The van der Waals surface area contributed by atoms with Crippen LogP contribution in [0.3, 0.4) is 0 Å². The highest BCUT2D eigenvalue weighted by Gasteiger charge is 2.46. The minimum absolute atomic E-state index is 0.0193. The SMILES string of the molecule is CN=CC(=C(N)C(=O)N1CC(F)(F)CC(C)C1CNc1ccc(C(F)(F)F)cn1)c1cc(C)ccn1. The summed E-state index contributed by atoms with van der Waals surface area (Å²) in [5.41, 5.74) is 6.41. The summed E-state index contributed by atoms with van der Waals surface area (Å²) in [6.07, 6.45) is -1.44. The van der Waals surface area contributed by atoms with Gasteiger partial charge in [0.05, 0.1) is 23.8 Å². The van der Waals surface area contributed by atoms with Gasteiger partial charge in [0.15, 0.2) is 0 Å². The minimum Gasteiger partial charge on any atom is -0.394 e. The lowest BCUT2D eigenvalue weighted by atomic mass is 9.88. The van der Waals surface area contributed by atoms with Gasteiger partial charge < -0.3 is 16.0 Å². The molecule has 1 saturated heterocycles. The van der Waals surface area contributed by atoms with Crippen LogP contribution in [0.5, 0.6) is 0 Å². The summed E-state index contributed by atoms with van der Waals surface area (Å²) < 4.78 is 67.4. The number of anilines is 1. The van der Waals surface area contributed by atoms with Crippen molar-refractivity contribution in [3.63, 3.8) is 0 Å². The number of piperidine rings is 1. The van der Waals surface area contributed by atoms with E-state index >= 15 is 0 Å². The number of alkyl halides is 5. The van der Waals surface area contributed by atoms with E-state index in [0.29, 0.717) is 11.9 Å². The zero-order chi connectivity index (χ0) is 26.7. The number of rotatable bonds is 6. The Hall–Kier alpha value is -3.57. The first kappa shape index (κ1) is 27.0. The van der Waals surface area contributed by atoms with Crippen molar-refractivity contribution in [2.75, 3.05) is 25.5 Å². The Kier molecular flexibility index (Phi) is 7.95. The van der Waals surface area contributed by atoms with Crippen LogP contribution in [0, 0.1) is 12.8 Å². The van der Waals surface area contributed by atoms with Crippen molar-refractivity contribution in [3.8, 4) is 0 Å². The van der Waals surface area contributed by atoms with E-state index in [1.54, 1.807) is 19.1 Å². The molecule has 0 aliphatic carbocycles. The summed E-state index contributed by atoms with van der Waals surface area (Å²) in [4.78, 5) is 26.3. The van der Waals surface area contributed by atoms with Crippen molar-refractivity contribution in [1.29, 1.82) is 0 Å². The predicted octanol–water partition coefficient (Wildman–Crippen LogP) is 4.16. The van der Waals surface area contributed by atoms with Gasteiger partial charge in [-0.2, -0.15) is 13.2 Å². The zero-order valence-corrected chi connectivity index (χ0v) is 20.0. The van der Waals surface area contributed by atoms with Crippen LogP contribution in [0.4, 0.5) is 27.8 Å². The van der Waals surface area contributed by atoms with E-state index in [-0.39, 0.29) is 23.6 Å². The second-order valence-corrected chi connectivity index (χ2v) is 8.78. The molecule has 0 radical (unpaired) electrons. The molecule has 1 amide bonds. The maximum absolute atomic E-state index is 14.5.